The second-order valence-corrected chi connectivity index (χ2v) is 6.43. The van der Waals surface area contributed by atoms with Crippen LogP contribution in [0.15, 0.2) is 59.8 Å². The van der Waals surface area contributed by atoms with E-state index >= 15 is 0 Å². The van der Waals surface area contributed by atoms with Gasteiger partial charge in [0.15, 0.2) is 0 Å². The third-order valence-corrected chi connectivity index (χ3v) is 4.46. The Balaban J connectivity index is 1.85. The molecule has 1 N–H and O–H groups in total. The summed E-state index contributed by atoms with van der Waals surface area (Å²) in [6.07, 6.45) is 0.00718. The fraction of sp³-hybridized carbons (Fsp3) is 0.238. The van der Waals surface area contributed by atoms with Crippen LogP contribution in [0.4, 0.5) is 4.39 Å². The van der Waals surface area contributed by atoms with Crippen LogP contribution in [0.3, 0.4) is 0 Å². The van der Waals surface area contributed by atoms with Crippen molar-refractivity contribution in [2.75, 3.05) is 0 Å². The molecule has 1 aliphatic rings. The van der Waals surface area contributed by atoms with E-state index in [1.165, 1.54) is 6.07 Å². The second-order valence-electron chi connectivity index (χ2n) is 6.43. The largest absolute Gasteiger partial charge is 0.457 e. The standard InChI is InChI=1S/C21H20FNO3/c1-13-7-9-15(10-8-13)12-26-21(25)20-14(2)23-19(24)11-17(20)16-5-3-4-6-18(16)22/h3-10,17H,11-12H2,1-2H3,(H,23,24)/t17-/m1/s1. The lowest BCUT2D eigenvalue weighted by molar-refractivity contribution is -0.141. The van der Waals surface area contributed by atoms with Crippen molar-refractivity contribution in [3.63, 3.8) is 0 Å². The predicted octanol–water partition coefficient (Wildman–Crippen LogP) is 3.76. The van der Waals surface area contributed by atoms with Gasteiger partial charge in [-0.05, 0) is 31.0 Å². The van der Waals surface area contributed by atoms with E-state index in [4.69, 9.17) is 4.74 Å². The predicted molar refractivity (Wildman–Crippen MR) is 95.6 cm³/mol. The zero-order valence-electron chi connectivity index (χ0n) is 14.7. The molecule has 0 fully saturated rings. The van der Waals surface area contributed by atoms with Crippen LogP contribution in [-0.2, 0) is 20.9 Å². The van der Waals surface area contributed by atoms with E-state index in [-0.39, 0.29) is 18.9 Å². The first-order chi connectivity index (χ1) is 12.5. The summed E-state index contributed by atoms with van der Waals surface area (Å²) < 4.78 is 19.7. The lowest BCUT2D eigenvalue weighted by Crippen LogP contribution is -2.34. The molecule has 0 aromatic heterocycles. The van der Waals surface area contributed by atoms with Gasteiger partial charge in [0.25, 0.3) is 0 Å². The number of carbonyl (C=O) groups excluding carboxylic acids is 2. The van der Waals surface area contributed by atoms with Gasteiger partial charge in [-0.15, -0.1) is 0 Å². The van der Waals surface area contributed by atoms with Crippen LogP contribution in [0, 0.1) is 12.7 Å². The van der Waals surface area contributed by atoms with Crippen molar-refractivity contribution in [3.8, 4) is 0 Å². The maximum Gasteiger partial charge on any atom is 0.336 e. The number of benzene rings is 2. The monoisotopic (exact) mass is 353 g/mol. The maximum atomic E-state index is 14.2. The lowest BCUT2D eigenvalue weighted by atomic mass is 9.84. The van der Waals surface area contributed by atoms with Crippen LogP contribution in [0.5, 0.6) is 0 Å². The molecule has 1 atom stereocenters. The van der Waals surface area contributed by atoms with Gasteiger partial charge < -0.3 is 10.1 Å². The average molecular weight is 353 g/mol. The molecule has 0 aliphatic carbocycles. The first kappa shape index (κ1) is 17.9. The Morgan fingerprint density at radius 2 is 1.85 bits per heavy atom. The Hall–Kier alpha value is -2.95. The van der Waals surface area contributed by atoms with Crippen LogP contribution in [0.1, 0.15) is 36.0 Å². The molecule has 0 unspecified atom stereocenters. The summed E-state index contributed by atoms with van der Waals surface area (Å²) >= 11 is 0. The average Bonchev–Trinajstić information content (AvgIpc) is 2.61. The van der Waals surface area contributed by atoms with E-state index in [0.29, 0.717) is 16.8 Å². The molecule has 2 aromatic rings. The lowest BCUT2D eigenvalue weighted by Gasteiger charge is -2.26. The van der Waals surface area contributed by atoms with Gasteiger partial charge in [-0.2, -0.15) is 0 Å². The van der Waals surface area contributed by atoms with Crippen molar-refractivity contribution < 1.29 is 18.7 Å². The molecule has 26 heavy (non-hydrogen) atoms. The van der Waals surface area contributed by atoms with Crippen molar-refractivity contribution >= 4 is 11.9 Å². The first-order valence-electron chi connectivity index (χ1n) is 8.43. The molecular formula is C21H20FNO3. The summed E-state index contributed by atoms with van der Waals surface area (Å²) in [5.74, 6) is -1.89. The van der Waals surface area contributed by atoms with Gasteiger partial charge in [0, 0.05) is 18.0 Å². The molecule has 2 aromatic carbocycles. The van der Waals surface area contributed by atoms with Crippen molar-refractivity contribution in [3.05, 3.63) is 82.3 Å². The Morgan fingerprint density at radius 3 is 2.54 bits per heavy atom. The Labute approximate surface area is 151 Å². The molecule has 0 saturated heterocycles. The quantitative estimate of drug-likeness (QED) is 0.852. The number of allylic oxidation sites excluding steroid dienone is 1. The van der Waals surface area contributed by atoms with E-state index in [2.05, 4.69) is 5.32 Å². The minimum absolute atomic E-state index is 0.00718. The molecule has 0 radical (unpaired) electrons. The van der Waals surface area contributed by atoms with Gasteiger partial charge in [-0.3, -0.25) is 4.79 Å². The number of nitrogens with one attached hydrogen (secondary N) is 1. The maximum absolute atomic E-state index is 14.2. The number of hydrogen-bond acceptors (Lipinski definition) is 3. The molecule has 0 bridgehead atoms. The van der Waals surface area contributed by atoms with Crippen LogP contribution in [0.25, 0.3) is 0 Å². The molecule has 4 nitrogen and oxygen atoms in total. The Morgan fingerprint density at radius 1 is 1.15 bits per heavy atom. The Kier molecular flexibility index (Phi) is 5.16. The molecule has 3 rings (SSSR count). The number of ether oxygens (including phenoxy) is 1. The van der Waals surface area contributed by atoms with Gasteiger partial charge in [-0.25, -0.2) is 9.18 Å². The highest BCUT2D eigenvalue weighted by Gasteiger charge is 2.34. The van der Waals surface area contributed by atoms with Crippen molar-refractivity contribution in [2.45, 2.75) is 32.8 Å². The highest BCUT2D eigenvalue weighted by Crippen LogP contribution is 2.34. The minimum Gasteiger partial charge on any atom is -0.457 e. The van der Waals surface area contributed by atoms with Gasteiger partial charge in [0.05, 0.1) is 5.57 Å². The summed E-state index contributed by atoms with van der Waals surface area (Å²) in [7, 11) is 0. The van der Waals surface area contributed by atoms with E-state index in [1.54, 1.807) is 25.1 Å². The molecular weight excluding hydrogens is 333 g/mol. The smallest absolute Gasteiger partial charge is 0.336 e. The van der Waals surface area contributed by atoms with Gasteiger partial charge in [-0.1, -0.05) is 48.0 Å². The number of aryl methyl sites for hydroxylation is 1. The third kappa shape index (κ3) is 3.82. The van der Waals surface area contributed by atoms with E-state index < -0.39 is 17.7 Å². The number of carbonyl (C=O) groups is 2. The Bertz CT molecular complexity index is 871. The first-order valence-corrected chi connectivity index (χ1v) is 8.43. The number of hydrogen-bond donors (Lipinski definition) is 1. The summed E-state index contributed by atoms with van der Waals surface area (Å²) in [5, 5.41) is 2.65. The zero-order valence-corrected chi connectivity index (χ0v) is 14.7. The molecule has 134 valence electrons. The van der Waals surface area contributed by atoms with Crippen LogP contribution in [0.2, 0.25) is 0 Å². The highest BCUT2D eigenvalue weighted by atomic mass is 19.1. The van der Waals surface area contributed by atoms with Crippen molar-refractivity contribution in [2.24, 2.45) is 0 Å². The molecule has 1 aliphatic heterocycles. The number of rotatable bonds is 4. The number of halogens is 1. The highest BCUT2D eigenvalue weighted by molar-refractivity contribution is 5.95. The molecule has 0 saturated carbocycles. The van der Waals surface area contributed by atoms with Gasteiger partial charge in [0.1, 0.15) is 12.4 Å². The fourth-order valence-corrected chi connectivity index (χ4v) is 3.11. The minimum atomic E-state index is -0.657. The zero-order chi connectivity index (χ0) is 18.7. The summed E-state index contributed by atoms with van der Waals surface area (Å²) in [5.41, 5.74) is 3.01. The topological polar surface area (TPSA) is 55.4 Å². The normalized spacial score (nSPS) is 17.0. The van der Waals surface area contributed by atoms with Crippen LogP contribution >= 0.6 is 0 Å². The van der Waals surface area contributed by atoms with Gasteiger partial charge in [0.2, 0.25) is 5.91 Å². The third-order valence-electron chi connectivity index (χ3n) is 4.46. The van der Waals surface area contributed by atoms with Crippen molar-refractivity contribution in [1.82, 2.24) is 5.32 Å². The summed E-state index contributed by atoms with van der Waals surface area (Å²) in [6.45, 7) is 3.73. The van der Waals surface area contributed by atoms with Crippen LogP contribution < -0.4 is 5.32 Å². The van der Waals surface area contributed by atoms with E-state index in [9.17, 15) is 14.0 Å². The van der Waals surface area contributed by atoms with E-state index in [1.807, 2.05) is 31.2 Å². The van der Waals surface area contributed by atoms with Gasteiger partial charge >= 0.3 is 5.97 Å². The number of esters is 1. The summed E-state index contributed by atoms with van der Waals surface area (Å²) in [6, 6.07) is 13.9. The van der Waals surface area contributed by atoms with Crippen molar-refractivity contribution in [1.29, 1.82) is 0 Å². The van der Waals surface area contributed by atoms with Crippen LogP contribution in [-0.4, -0.2) is 11.9 Å². The summed E-state index contributed by atoms with van der Waals surface area (Å²) in [4.78, 5) is 24.6. The van der Waals surface area contributed by atoms with E-state index in [0.717, 1.165) is 11.1 Å². The number of amides is 1. The molecule has 5 heteroatoms. The molecule has 1 amide bonds. The molecule has 0 spiro atoms. The SMILES string of the molecule is CC1=C(C(=O)OCc2ccc(C)cc2)[C@@H](c2ccccc2F)CC(=O)N1. The second kappa shape index (κ2) is 7.52. The fourth-order valence-electron chi connectivity index (χ4n) is 3.11. The molecule has 1 heterocycles.